The molecular formula is C55H69F3N6O9S. The highest BCUT2D eigenvalue weighted by Crippen LogP contribution is 2.44. The molecule has 0 bridgehead atoms. The molecule has 2 unspecified atom stereocenters. The standard InChI is InChI=1S/C55H69F3N6O9S/c1-32-22-40-39-14-8-9-15-43(39)61-48(40)49(64(32)30-55(6,7)58)47-41(56)24-38(25-42(47)57)72-21-11-13-37(73-29-46(67)68)12-10-20-71-28-45(66)62-51(54(3,4)5)53(70)63-27-36(65)23-44(63)52(69)59-26-34-16-18-35(19-17-34)50-33(2)60-31-74-50/h8-9,14-19,24-25,31-32,36-37,44,49,51,61,65H,10-13,20-23,26-30H2,1-7H3,(H,59,69)(H,62,66)(H,67,68)/t32-,36-,37?,44+,49-,51?/m1/s1. The summed E-state index contributed by atoms with van der Waals surface area (Å²) in [6, 6.07) is 14.5. The van der Waals surface area contributed by atoms with Gasteiger partial charge in [0.1, 0.15) is 48.4 Å². The number of carboxylic acid groups (broad SMARTS) is 1. The van der Waals surface area contributed by atoms with Gasteiger partial charge in [-0.15, -0.1) is 11.3 Å². The van der Waals surface area contributed by atoms with Crippen LogP contribution in [0.4, 0.5) is 13.2 Å². The van der Waals surface area contributed by atoms with Crippen molar-refractivity contribution in [2.45, 2.75) is 136 Å². The summed E-state index contributed by atoms with van der Waals surface area (Å²) >= 11 is 1.55. The molecule has 1 fully saturated rings. The number of aliphatic carboxylic acids is 1. The molecule has 0 radical (unpaired) electrons. The average Bonchev–Trinajstić information content (AvgIpc) is 4.06. The van der Waals surface area contributed by atoms with Crippen LogP contribution in [0.15, 0.2) is 66.2 Å². The van der Waals surface area contributed by atoms with Crippen LogP contribution in [-0.2, 0) is 41.6 Å². The molecule has 0 aliphatic carbocycles. The van der Waals surface area contributed by atoms with E-state index in [9.17, 15) is 29.4 Å². The summed E-state index contributed by atoms with van der Waals surface area (Å²) in [4.78, 5) is 64.1. The number of hydrogen-bond acceptors (Lipinski definition) is 11. The number of benzene rings is 3. The van der Waals surface area contributed by atoms with E-state index in [1.807, 2.05) is 62.4 Å². The topological polar surface area (TPSA) is 196 Å². The van der Waals surface area contributed by atoms with Crippen LogP contribution in [0.3, 0.4) is 0 Å². The second kappa shape index (κ2) is 24.2. The van der Waals surface area contributed by atoms with Crippen molar-refractivity contribution in [3.63, 3.8) is 0 Å². The Balaban J connectivity index is 0.883. The predicted molar refractivity (Wildman–Crippen MR) is 275 cm³/mol. The minimum atomic E-state index is -1.64. The summed E-state index contributed by atoms with van der Waals surface area (Å²) < 4.78 is 64.8. The van der Waals surface area contributed by atoms with E-state index < -0.39 is 83.3 Å². The van der Waals surface area contributed by atoms with E-state index in [1.165, 1.54) is 18.7 Å². The number of alkyl halides is 1. The van der Waals surface area contributed by atoms with E-state index in [4.69, 9.17) is 14.2 Å². The summed E-state index contributed by atoms with van der Waals surface area (Å²) in [6.07, 6.45) is 0.567. The fourth-order valence-corrected chi connectivity index (χ4v) is 10.8. The SMILES string of the molecule is Cc1ncsc1-c1ccc(CNC(=O)[C@@H]2C[C@@H](O)CN2C(=O)C(NC(=O)COCCCC(CCCOc2cc(F)c([C@@H]3c4[nH]c5ccccc5c4C[C@@H](C)N3CC(C)(C)F)c(F)c2)OCC(=O)O)C(C)(C)C)cc1. The third-order valence-corrected chi connectivity index (χ3v) is 14.5. The summed E-state index contributed by atoms with van der Waals surface area (Å²) in [5, 5.41) is 26.6. The fourth-order valence-electron chi connectivity index (χ4n) is 9.97. The number of thiazole rings is 1. The number of fused-ring (bicyclic) bond motifs is 3. The van der Waals surface area contributed by atoms with Gasteiger partial charge in [-0.05, 0) is 88.0 Å². The zero-order valence-electron chi connectivity index (χ0n) is 43.1. The molecule has 5 aromatic rings. The number of hydrogen-bond donors (Lipinski definition) is 5. The van der Waals surface area contributed by atoms with Gasteiger partial charge >= 0.3 is 5.97 Å². The number of nitrogens with zero attached hydrogens (tertiary/aromatic N) is 3. The normalized spacial score (nSPS) is 19.0. The lowest BCUT2D eigenvalue weighted by Gasteiger charge is -2.43. The zero-order chi connectivity index (χ0) is 53.5. The Morgan fingerprint density at radius 1 is 0.973 bits per heavy atom. The summed E-state index contributed by atoms with van der Waals surface area (Å²) in [6.45, 7) is 11.4. The molecule has 5 N–H and O–H groups in total. The Kier molecular flexibility index (Phi) is 18.3. The van der Waals surface area contributed by atoms with Crippen molar-refractivity contribution in [3.8, 4) is 16.2 Å². The van der Waals surface area contributed by atoms with Crippen LogP contribution in [-0.4, -0.2) is 129 Å². The molecule has 2 aliphatic heterocycles. The maximum Gasteiger partial charge on any atom is 0.329 e. The van der Waals surface area contributed by atoms with E-state index >= 15 is 13.2 Å². The molecule has 0 saturated carbocycles. The highest BCUT2D eigenvalue weighted by atomic mass is 32.1. The summed E-state index contributed by atoms with van der Waals surface area (Å²) in [7, 11) is 0. The highest BCUT2D eigenvalue weighted by Gasteiger charge is 2.45. The lowest BCUT2D eigenvalue weighted by Crippen LogP contribution is -2.58. The van der Waals surface area contributed by atoms with Gasteiger partial charge in [-0.1, -0.05) is 63.2 Å². The Morgan fingerprint density at radius 3 is 2.31 bits per heavy atom. The zero-order valence-corrected chi connectivity index (χ0v) is 44.0. The summed E-state index contributed by atoms with van der Waals surface area (Å²) in [5.74, 6) is -4.36. The van der Waals surface area contributed by atoms with Crippen molar-refractivity contribution in [1.29, 1.82) is 0 Å². The Labute approximate surface area is 434 Å². The fraction of sp³-hybridized carbons (Fsp3) is 0.509. The second-order valence-corrected chi connectivity index (χ2v) is 22.0. The predicted octanol–water partition coefficient (Wildman–Crippen LogP) is 8.20. The maximum absolute atomic E-state index is 16.2. The van der Waals surface area contributed by atoms with Crippen LogP contribution in [0, 0.1) is 24.0 Å². The number of rotatable bonds is 23. The number of para-hydroxylation sites is 1. The molecule has 19 heteroatoms. The minimum absolute atomic E-state index is 0.0357. The van der Waals surface area contributed by atoms with Gasteiger partial charge in [0.05, 0.1) is 40.9 Å². The van der Waals surface area contributed by atoms with Gasteiger partial charge < -0.3 is 44.9 Å². The van der Waals surface area contributed by atoms with E-state index in [0.29, 0.717) is 37.8 Å². The van der Waals surface area contributed by atoms with Crippen molar-refractivity contribution in [3.05, 3.63) is 106 Å². The monoisotopic (exact) mass is 1050 g/mol. The van der Waals surface area contributed by atoms with Gasteiger partial charge in [0, 0.05) is 73.0 Å². The number of H-pyrrole nitrogens is 1. The van der Waals surface area contributed by atoms with Crippen LogP contribution >= 0.6 is 11.3 Å². The number of amides is 3. The number of ether oxygens (including phenoxy) is 3. The molecule has 2 aliphatic rings. The first kappa shape index (κ1) is 55.9. The number of likely N-dealkylation sites (tertiary alicyclic amines) is 1. The Bertz CT molecular complexity index is 2730. The number of aliphatic hydroxyl groups excluding tert-OH is 1. The number of β-amino-alcohol motifs (C(OH)–C–C–N with tert-alkyl or cyclic N) is 1. The van der Waals surface area contributed by atoms with Crippen LogP contribution in [0.25, 0.3) is 21.3 Å². The first-order valence-corrected chi connectivity index (χ1v) is 26.1. The average molecular weight is 1050 g/mol. The van der Waals surface area contributed by atoms with Crippen molar-refractivity contribution >= 4 is 45.9 Å². The van der Waals surface area contributed by atoms with Crippen molar-refractivity contribution in [2.24, 2.45) is 5.41 Å². The molecule has 1 saturated heterocycles. The number of carbonyl (C=O) groups excluding carboxylic acids is 3. The van der Waals surface area contributed by atoms with E-state index in [-0.39, 0.29) is 63.2 Å². The van der Waals surface area contributed by atoms with E-state index in [0.717, 1.165) is 50.3 Å². The molecule has 3 amide bonds. The quantitative estimate of drug-likeness (QED) is 0.0396. The lowest BCUT2D eigenvalue weighted by molar-refractivity contribution is -0.145. The second-order valence-electron chi connectivity index (χ2n) is 21.2. The Hall–Kier alpha value is -5.86. The van der Waals surface area contributed by atoms with Crippen molar-refractivity contribution in [2.75, 3.05) is 39.5 Å². The van der Waals surface area contributed by atoms with Gasteiger partial charge in [0.2, 0.25) is 17.7 Å². The molecule has 400 valence electrons. The molecule has 0 spiro atoms. The molecule has 6 atom stereocenters. The molecule has 2 aromatic heterocycles. The van der Waals surface area contributed by atoms with Gasteiger partial charge in [-0.25, -0.2) is 22.9 Å². The summed E-state index contributed by atoms with van der Waals surface area (Å²) in [5.41, 5.74) is 4.37. The number of aromatic nitrogens is 2. The first-order valence-electron chi connectivity index (χ1n) is 25.2. The van der Waals surface area contributed by atoms with Gasteiger partial charge in [-0.2, -0.15) is 0 Å². The number of aromatic amines is 1. The third kappa shape index (κ3) is 14.1. The van der Waals surface area contributed by atoms with E-state index in [2.05, 4.69) is 20.6 Å². The van der Waals surface area contributed by atoms with Gasteiger partial charge in [-0.3, -0.25) is 19.3 Å². The third-order valence-electron chi connectivity index (χ3n) is 13.5. The number of carbonyl (C=O) groups is 4. The van der Waals surface area contributed by atoms with Crippen LogP contribution < -0.4 is 15.4 Å². The van der Waals surface area contributed by atoms with Gasteiger partial charge in [0.15, 0.2) is 0 Å². The number of halogens is 3. The first-order chi connectivity index (χ1) is 35.1. The molecular weight excluding hydrogens is 978 g/mol. The number of aryl methyl sites for hydroxylation is 1. The maximum atomic E-state index is 16.2. The largest absolute Gasteiger partial charge is 0.493 e. The van der Waals surface area contributed by atoms with Gasteiger partial charge in [0.25, 0.3) is 0 Å². The van der Waals surface area contributed by atoms with Crippen LogP contribution in [0.1, 0.15) is 108 Å². The number of aliphatic hydroxyl groups is 1. The molecule has 4 heterocycles. The van der Waals surface area contributed by atoms with E-state index in [1.54, 1.807) is 42.5 Å². The lowest BCUT2D eigenvalue weighted by atomic mass is 9.85. The van der Waals surface area contributed by atoms with Crippen LogP contribution in [0.2, 0.25) is 0 Å². The molecule has 7 rings (SSSR count). The number of carboxylic acids is 1. The molecule has 3 aromatic carbocycles. The van der Waals surface area contributed by atoms with Crippen molar-refractivity contribution in [1.82, 2.24) is 30.4 Å². The Morgan fingerprint density at radius 2 is 1.66 bits per heavy atom. The number of nitrogens with one attached hydrogen (secondary N) is 3. The highest BCUT2D eigenvalue weighted by molar-refractivity contribution is 7.13. The smallest absolute Gasteiger partial charge is 0.329 e. The molecule has 15 nitrogen and oxygen atoms in total. The molecule has 74 heavy (non-hydrogen) atoms. The van der Waals surface area contributed by atoms with Crippen molar-refractivity contribution < 1.29 is 56.8 Å². The minimum Gasteiger partial charge on any atom is -0.493 e. The van der Waals surface area contributed by atoms with Crippen LogP contribution in [0.5, 0.6) is 5.75 Å².